The fourth-order valence-corrected chi connectivity index (χ4v) is 2.06. The Morgan fingerprint density at radius 2 is 1.87 bits per heavy atom. The van der Waals surface area contributed by atoms with Crippen LogP contribution in [0.3, 0.4) is 0 Å². The minimum Gasteiger partial charge on any atom is -0.452 e. The second-order valence-corrected chi connectivity index (χ2v) is 5.29. The summed E-state index contributed by atoms with van der Waals surface area (Å²) in [5, 5.41) is 0. The highest BCUT2D eigenvalue weighted by atomic mass is 19.1. The summed E-state index contributed by atoms with van der Waals surface area (Å²) >= 11 is 0. The summed E-state index contributed by atoms with van der Waals surface area (Å²) in [5.41, 5.74) is 1.74. The summed E-state index contributed by atoms with van der Waals surface area (Å²) in [4.78, 5) is 25.2. The van der Waals surface area contributed by atoms with E-state index < -0.39 is 11.9 Å². The zero-order valence-corrected chi connectivity index (χ0v) is 13.1. The Bertz CT molecular complexity index is 715. The van der Waals surface area contributed by atoms with Crippen LogP contribution in [-0.4, -0.2) is 30.4 Å². The van der Waals surface area contributed by atoms with Crippen molar-refractivity contribution >= 4 is 11.9 Å². The molecule has 2 aromatic carbocycles. The van der Waals surface area contributed by atoms with Crippen LogP contribution in [0.25, 0.3) is 0 Å². The first-order chi connectivity index (χ1) is 11.0. The first kappa shape index (κ1) is 16.7. The number of hydrogen-bond acceptors (Lipinski definition) is 3. The zero-order valence-electron chi connectivity index (χ0n) is 13.1. The monoisotopic (exact) mass is 315 g/mol. The van der Waals surface area contributed by atoms with Gasteiger partial charge in [0.05, 0.1) is 5.56 Å². The summed E-state index contributed by atoms with van der Waals surface area (Å²) in [6, 6.07) is 13.2. The number of benzene rings is 2. The lowest BCUT2D eigenvalue weighted by Crippen LogP contribution is -2.31. The number of rotatable bonds is 5. The number of hydrogen-bond donors (Lipinski definition) is 0. The molecule has 0 bridgehead atoms. The fraction of sp³-hybridized carbons (Fsp3) is 0.222. The smallest absolute Gasteiger partial charge is 0.338 e. The molecule has 4 nitrogen and oxygen atoms in total. The van der Waals surface area contributed by atoms with Gasteiger partial charge in [-0.05, 0) is 25.1 Å². The molecule has 0 aliphatic heterocycles. The van der Waals surface area contributed by atoms with E-state index in [1.54, 1.807) is 36.4 Å². The minimum absolute atomic E-state index is 0.119. The highest BCUT2D eigenvalue weighted by Gasteiger charge is 2.15. The van der Waals surface area contributed by atoms with E-state index in [1.165, 1.54) is 18.0 Å². The molecule has 2 rings (SSSR count). The van der Waals surface area contributed by atoms with Gasteiger partial charge < -0.3 is 9.64 Å². The largest absolute Gasteiger partial charge is 0.452 e. The minimum atomic E-state index is -0.554. The molecule has 0 aliphatic carbocycles. The Balaban J connectivity index is 1.89. The van der Waals surface area contributed by atoms with Gasteiger partial charge in [-0.3, -0.25) is 4.79 Å². The molecule has 0 heterocycles. The standard InChI is InChI=1S/C18H18FNO3/c1-13-6-5-8-14(10-13)18(22)23-12-17(21)20(2)11-15-7-3-4-9-16(15)19/h3-10H,11-12H2,1-2H3. The van der Waals surface area contributed by atoms with Crippen molar-refractivity contribution in [2.45, 2.75) is 13.5 Å². The molecule has 0 saturated carbocycles. The third-order valence-electron chi connectivity index (χ3n) is 3.37. The predicted octanol–water partition coefficient (Wildman–Crippen LogP) is 2.95. The maximum Gasteiger partial charge on any atom is 0.338 e. The average molecular weight is 315 g/mol. The van der Waals surface area contributed by atoms with Crippen LogP contribution in [0, 0.1) is 12.7 Å². The number of carbonyl (C=O) groups excluding carboxylic acids is 2. The van der Waals surface area contributed by atoms with Crippen LogP contribution >= 0.6 is 0 Å². The van der Waals surface area contributed by atoms with Gasteiger partial charge in [-0.25, -0.2) is 9.18 Å². The van der Waals surface area contributed by atoms with Crippen LogP contribution in [0.1, 0.15) is 21.5 Å². The fourth-order valence-electron chi connectivity index (χ4n) is 2.06. The number of carbonyl (C=O) groups is 2. The maximum atomic E-state index is 13.6. The van der Waals surface area contributed by atoms with Gasteiger partial charge in [-0.2, -0.15) is 0 Å². The molecule has 0 saturated heterocycles. The van der Waals surface area contributed by atoms with Gasteiger partial charge in [-0.15, -0.1) is 0 Å². The number of halogens is 1. The Morgan fingerprint density at radius 1 is 1.13 bits per heavy atom. The van der Waals surface area contributed by atoms with Gasteiger partial charge in [0.1, 0.15) is 5.82 Å². The van der Waals surface area contributed by atoms with Crippen molar-refractivity contribution in [3.05, 3.63) is 71.0 Å². The van der Waals surface area contributed by atoms with Crippen LogP contribution in [0.2, 0.25) is 0 Å². The second-order valence-electron chi connectivity index (χ2n) is 5.29. The molecular weight excluding hydrogens is 297 g/mol. The summed E-state index contributed by atoms with van der Waals surface area (Å²) in [6.07, 6.45) is 0. The lowest BCUT2D eigenvalue weighted by atomic mass is 10.1. The first-order valence-corrected chi connectivity index (χ1v) is 7.18. The first-order valence-electron chi connectivity index (χ1n) is 7.18. The van der Waals surface area contributed by atoms with Crippen LogP contribution in [0.4, 0.5) is 4.39 Å². The van der Waals surface area contributed by atoms with E-state index in [9.17, 15) is 14.0 Å². The molecule has 0 radical (unpaired) electrons. The Morgan fingerprint density at radius 3 is 2.57 bits per heavy atom. The second kappa shape index (κ2) is 7.54. The van der Waals surface area contributed by atoms with Crippen LogP contribution in [0.15, 0.2) is 48.5 Å². The van der Waals surface area contributed by atoms with E-state index in [-0.39, 0.29) is 19.0 Å². The number of amides is 1. The summed E-state index contributed by atoms with van der Waals surface area (Å²) < 4.78 is 18.6. The van der Waals surface area contributed by atoms with Crippen LogP contribution < -0.4 is 0 Å². The van der Waals surface area contributed by atoms with E-state index in [4.69, 9.17) is 4.74 Å². The summed E-state index contributed by atoms with van der Waals surface area (Å²) in [7, 11) is 1.54. The van der Waals surface area contributed by atoms with Crippen LogP contribution in [0.5, 0.6) is 0 Å². The van der Waals surface area contributed by atoms with Crippen LogP contribution in [-0.2, 0) is 16.1 Å². The van der Waals surface area contributed by atoms with Crippen molar-refractivity contribution in [1.29, 1.82) is 0 Å². The van der Waals surface area contributed by atoms with Crippen molar-refractivity contribution in [1.82, 2.24) is 4.90 Å². The maximum absolute atomic E-state index is 13.6. The van der Waals surface area contributed by atoms with Gasteiger partial charge in [0, 0.05) is 19.2 Å². The molecule has 0 unspecified atom stereocenters. The van der Waals surface area contributed by atoms with E-state index in [1.807, 2.05) is 13.0 Å². The molecule has 1 amide bonds. The van der Waals surface area contributed by atoms with E-state index in [0.29, 0.717) is 11.1 Å². The van der Waals surface area contributed by atoms with Crippen molar-refractivity contribution in [2.24, 2.45) is 0 Å². The Hall–Kier alpha value is -2.69. The molecule has 0 atom stereocenters. The topological polar surface area (TPSA) is 46.6 Å². The molecule has 2 aromatic rings. The summed E-state index contributed by atoms with van der Waals surface area (Å²) in [6.45, 7) is 1.61. The normalized spacial score (nSPS) is 10.2. The molecule has 0 fully saturated rings. The highest BCUT2D eigenvalue weighted by molar-refractivity contribution is 5.91. The third-order valence-corrected chi connectivity index (χ3v) is 3.37. The summed E-state index contributed by atoms with van der Waals surface area (Å²) in [5.74, 6) is -1.32. The lowest BCUT2D eigenvalue weighted by molar-refractivity contribution is -0.133. The number of aryl methyl sites for hydroxylation is 1. The zero-order chi connectivity index (χ0) is 16.8. The van der Waals surface area contributed by atoms with Gasteiger partial charge in [-0.1, -0.05) is 35.9 Å². The predicted molar refractivity (Wildman–Crippen MR) is 84.3 cm³/mol. The van der Waals surface area contributed by atoms with Crippen molar-refractivity contribution in [3.8, 4) is 0 Å². The molecule has 5 heteroatoms. The van der Waals surface area contributed by atoms with Gasteiger partial charge in [0.15, 0.2) is 6.61 Å². The van der Waals surface area contributed by atoms with E-state index >= 15 is 0 Å². The number of ether oxygens (including phenoxy) is 1. The third kappa shape index (κ3) is 4.64. The number of nitrogens with zero attached hydrogens (tertiary/aromatic N) is 1. The molecule has 0 N–H and O–H groups in total. The number of esters is 1. The highest BCUT2D eigenvalue weighted by Crippen LogP contribution is 2.09. The van der Waals surface area contributed by atoms with Gasteiger partial charge >= 0.3 is 5.97 Å². The molecule has 0 aromatic heterocycles. The molecule has 23 heavy (non-hydrogen) atoms. The molecule has 0 spiro atoms. The Labute approximate surface area is 134 Å². The van der Waals surface area contributed by atoms with Crippen molar-refractivity contribution in [2.75, 3.05) is 13.7 Å². The Kier molecular flexibility index (Phi) is 5.46. The van der Waals surface area contributed by atoms with Gasteiger partial charge in [0.2, 0.25) is 0 Å². The van der Waals surface area contributed by atoms with Crippen molar-refractivity contribution < 1.29 is 18.7 Å². The average Bonchev–Trinajstić information content (AvgIpc) is 2.54. The molecular formula is C18H18FNO3. The van der Waals surface area contributed by atoms with E-state index in [2.05, 4.69) is 0 Å². The van der Waals surface area contributed by atoms with E-state index in [0.717, 1.165) is 5.56 Å². The molecule has 120 valence electrons. The number of likely N-dealkylation sites (N-methyl/N-ethyl adjacent to an activating group) is 1. The molecule has 0 aliphatic rings. The lowest BCUT2D eigenvalue weighted by Gasteiger charge is -2.17. The van der Waals surface area contributed by atoms with Crippen molar-refractivity contribution in [3.63, 3.8) is 0 Å². The van der Waals surface area contributed by atoms with Gasteiger partial charge in [0.25, 0.3) is 5.91 Å². The quantitative estimate of drug-likeness (QED) is 0.797. The SMILES string of the molecule is Cc1cccc(C(=O)OCC(=O)N(C)Cc2ccccc2F)c1.